The number of aryl methyl sites for hydroxylation is 1. The van der Waals surface area contributed by atoms with Crippen LogP contribution in [-0.2, 0) is 11.2 Å². The van der Waals surface area contributed by atoms with Crippen molar-refractivity contribution in [3.8, 4) is 5.75 Å². The summed E-state index contributed by atoms with van der Waals surface area (Å²) in [6, 6.07) is 5.34. The fourth-order valence-electron chi connectivity index (χ4n) is 2.93. The van der Waals surface area contributed by atoms with Gasteiger partial charge < -0.3 is 15.1 Å². The van der Waals surface area contributed by atoms with E-state index < -0.39 is 0 Å². The van der Waals surface area contributed by atoms with Crippen molar-refractivity contribution in [3.05, 3.63) is 29.3 Å². The standard InChI is InChI=1S/C17H25NO3/c1-12-7-8-13(9-16(12)20)10-17(21)18(2)11-14-5-3-4-6-15(14)19/h7-9,14-15,19-20H,3-6,10-11H2,1-2H3. The SMILES string of the molecule is Cc1ccc(CC(=O)N(C)CC2CCCCC2O)cc1O. The van der Waals surface area contributed by atoms with E-state index in [9.17, 15) is 15.0 Å². The number of amides is 1. The molecule has 2 N–H and O–H groups in total. The first-order chi connectivity index (χ1) is 9.97. The number of carbonyl (C=O) groups excluding carboxylic acids is 1. The molecule has 1 saturated carbocycles. The van der Waals surface area contributed by atoms with Crippen molar-refractivity contribution in [1.82, 2.24) is 4.90 Å². The van der Waals surface area contributed by atoms with Gasteiger partial charge in [-0.3, -0.25) is 4.79 Å². The number of likely N-dealkylation sites (N-methyl/N-ethyl adjacent to an activating group) is 1. The van der Waals surface area contributed by atoms with Crippen LogP contribution in [0.25, 0.3) is 0 Å². The van der Waals surface area contributed by atoms with Crippen LogP contribution in [0.3, 0.4) is 0 Å². The Morgan fingerprint density at radius 2 is 2.05 bits per heavy atom. The molecule has 0 saturated heterocycles. The van der Waals surface area contributed by atoms with Gasteiger partial charge >= 0.3 is 0 Å². The normalized spacial score (nSPS) is 22.0. The summed E-state index contributed by atoms with van der Waals surface area (Å²) in [6.45, 7) is 2.44. The van der Waals surface area contributed by atoms with Gasteiger partial charge in [-0.15, -0.1) is 0 Å². The summed E-state index contributed by atoms with van der Waals surface area (Å²) in [7, 11) is 1.79. The van der Waals surface area contributed by atoms with Gasteiger partial charge in [0.15, 0.2) is 0 Å². The molecule has 21 heavy (non-hydrogen) atoms. The van der Waals surface area contributed by atoms with Crippen LogP contribution < -0.4 is 0 Å². The number of aromatic hydroxyl groups is 1. The number of aliphatic hydroxyl groups excluding tert-OH is 1. The molecule has 1 aromatic carbocycles. The van der Waals surface area contributed by atoms with Crippen LogP contribution in [0.15, 0.2) is 18.2 Å². The van der Waals surface area contributed by atoms with E-state index in [-0.39, 0.29) is 30.1 Å². The fourth-order valence-corrected chi connectivity index (χ4v) is 2.93. The van der Waals surface area contributed by atoms with Gasteiger partial charge in [0.05, 0.1) is 12.5 Å². The molecule has 1 aliphatic rings. The lowest BCUT2D eigenvalue weighted by Gasteiger charge is -2.31. The van der Waals surface area contributed by atoms with Crippen molar-refractivity contribution in [3.63, 3.8) is 0 Å². The van der Waals surface area contributed by atoms with Gasteiger partial charge in [-0.25, -0.2) is 0 Å². The molecule has 1 aromatic rings. The Morgan fingerprint density at radius 3 is 2.71 bits per heavy atom. The average molecular weight is 291 g/mol. The number of phenolic OH excluding ortho intramolecular Hbond substituents is 1. The first kappa shape index (κ1) is 15.8. The number of nitrogens with zero attached hydrogens (tertiary/aromatic N) is 1. The molecule has 0 radical (unpaired) electrons. The van der Waals surface area contributed by atoms with Crippen molar-refractivity contribution in [2.24, 2.45) is 5.92 Å². The second-order valence-electron chi connectivity index (χ2n) is 6.18. The molecule has 4 heteroatoms. The van der Waals surface area contributed by atoms with Crippen LogP contribution in [-0.4, -0.2) is 40.7 Å². The molecular weight excluding hydrogens is 266 g/mol. The van der Waals surface area contributed by atoms with E-state index >= 15 is 0 Å². The van der Waals surface area contributed by atoms with Crippen molar-refractivity contribution >= 4 is 5.91 Å². The second kappa shape index (κ2) is 6.94. The number of rotatable bonds is 4. The average Bonchev–Trinajstić information content (AvgIpc) is 2.45. The van der Waals surface area contributed by atoms with Crippen molar-refractivity contribution in [2.75, 3.05) is 13.6 Å². The van der Waals surface area contributed by atoms with E-state index in [0.717, 1.165) is 36.8 Å². The molecule has 0 aromatic heterocycles. The summed E-state index contributed by atoms with van der Waals surface area (Å²) in [4.78, 5) is 14.0. The molecule has 1 aliphatic carbocycles. The van der Waals surface area contributed by atoms with Crippen LogP contribution in [0.5, 0.6) is 5.75 Å². The predicted molar refractivity (Wildman–Crippen MR) is 82.1 cm³/mol. The summed E-state index contributed by atoms with van der Waals surface area (Å²) < 4.78 is 0. The maximum Gasteiger partial charge on any atom is 0.226 e. The summed E-state index contributed by atoms with van der Waals surface area (Å²) in [6.07, 6.45) is 4.06. The van der Waals surface area contributed by atoms with Gasteiger partial charge in [-0.05, 0) is 37.0 Å². The zero-order valence-electron chi connectivity index (χ0n) is 12.9. The van der Waals surface area contributed by atoms with Gasteiger partial charge in [-0.2, -0.15) is 0 Å². The first-order valence-electron chi connectivity index (χ1n) is 7.68. The second-order valence-corrected chi connectivity index (χ2v) is 6.18. The minimum Gasteiger partial charge on any atom is -0.508 e. The van der Waals surface area contributed by atoms with E-state index in [1.165, 1.54) is 0 Å². The van der Waals surface area contributed by atoms with E-state index in [4.69, 9.17) is 0 Å². The first-order valence-corrected chi connectivity index (χ1v) is 7.68. The summed E-state index contributed by atoms with van der Waals surface area (Å²) in [5.74, 6) is 0.445. The summed E-state index contributed by atoms with van der Waals surface area (Å²) in [5.41, 5.74) is 1.63. The number of hydrogen-bond acceptors (Lipinski definition) is 3. The fraction of sp³-hybridized carbons (Fsp3) is 0.588. The molecule has 0 spiro atoms. The molecule has 4 nitrogen and oxygen atoms in total. The maximum atomic E-state index is 12.3. The van der Waals surface area contributed by atoms with Crippen LogP contribution in [0.2, 0.25) is 0 Å². The highest BCUT2D eigenvalue weighted by atomic mass is 16.3. The monoisotopic (exact) mass is 291 g/mol. The third kappa shape index (κ3) is 4.21. The van der Waals surface area contributed by atoms with Gasteiger partial charge in [0.2, 0.25) is 5.91 Å². The zero-order valence-corrected chi connectivity index (χ0v) is 12.9. The predicted octanol–water partition coefficient (Wildman–Crippen LogP) is 2.25. The molecule has 116 valence electrons. The number of phenols is 1. The minimum absolute atomic E-state index is 0.0241. The van der Waals surface area contributed by atoms with Crippen molar-refractivity contribution in [2.45, 2.75) is 45.1 Å². The number of carbonyl (C=O) groups is 1. The lowest BCUT2D eigenvalue weighted by molar-refractivity contribution is -0.130. The van der Waals surface area contributed by atoms with E-state index in [2.05, 4.69) is 0 Å². The van der Waals surface area contributed by atoms with Crippen LogP contribution in [0.4, 0.5) is 0 Å². The number of hydrogen-bond donors (Lipinski definition) is 2. The highest BCUT2D eigenvalue weighted by Gasteiger charge is 2.25. The molecule has 0 heterocycles. The lowest BCUT2D eigenvalue weighted by atomic mass is 9.86. The van der Waals surface area contributed by atoms with Gasteiger partial charge in [0.25, 0.3) is 0 Å². The Morgan fingerprint density at radius 1 is 1.33 bits per heavy atom. The Hall–Kier alpha value is -1.55. The van der Waals surface area contributed by atoms with E-state index in [0.29, 0.717) is 6.54 Å². The Labute approximate surface area is 126 Å². The van der Waals surface area contributed by atoms with Gasteiger partial charge in [-0.1, -0.05) is 25.0 Å². The molecule has 2 rings (SSSR count). The van der Waals surface area contributed by atoms with Crippen molar-refractivity contribution < 1.29 is 15.0 Å². The minimum atomic E-state index is -0.280. The highest BCUT2D eigenvalue weighted by molar-refractivity contribution is 5.78. The topological polar surface area (TPSA) is 60.8 Å². The van der Waals surface area contributed by atoms with Gasteiger partial charge in [0, 0.05) is 19.5 Å². The van der Waals surface area contributed by atoms with E-state index in [1.54, 1.807) is 18.0 Å². The number of benzene rings is 1. The third-order valence-electron chi connectivity index (χ3n) is 4.43. The quantitative estimate of drug-likeness (QED) is 0.894. The molecular formula is C17H25NO3. The third-order valence-corrected chi connectivity index (χ3v) is 4.43. The van der Waals surface area contributed by atoms with Crippen molar-refractivity contribution in [1.29, 1.82) is 0 Å². The highest BCUT2D eigenvalue weighted by Crippen LogP contribution is 2.25. The van der Waals surface area contributed by atoms with Gasteiger partial charge in [0.1, 0.15) is 5.75 Å². The van der Waals surface area contributed by atoms with E-state index in [1.807, 2.05) is 19.1 Å². The number of aliphatic hydroxyl groups is 1. The molecule has 0 bridgehead atoms. The molecule has 2 unspecified atom stereocenters. The summed E-state index contributed by atoms with van der Waals surface area (Å²) in [5, 5.41) is 19.7. The summed E-state index contributed by atoms with van der Waals surface area (Å²) >= 11 is 0. The smallest absolute Gasteiger partial charge is 0.226 e. The molecule has 1 fully saturated rings. The van der Waals surface area contributed by atoms with Crippen LogP contribution in [0, 0.1) is 12.8 Å². The van der Waals surface area contributed by atoms with Crippen LogP contribution in [0.1, 0.15) is 36.8 Å². The lowest BCUT2D eigenvalue weighted by Crippen LogP contribution is -2.38. The van der Waals surface area contributed by atoms with Crippen LogP contribution >= 0.6 is 0 Å². The molecule has 1 amide bonds. The Kier molecular flexibility index (Phi) is 5.23. The zero-order chi connectivity index (χ0) is 15.4. The Balaban J connectivity index is 1.91. The molecule has 0 aliphatic heterocycles. The Bertz CT molecular complexity index is 501. The maximum absolute atomic E-state index is 12.3. The molecule has 2 atom stereocenters. The largest absolute Gasteiger partial charge is 0.508 e.